The quantitative estimate of drug-likeness (QED) is 0.153. The summed E-state index contributed by atoms with van der Waals surface area (Å²) in [6, 6.07) is 23.0. The number of likely N-dealkylation sites (tertiary alicyclic amines) is 1. The first-order valence-electron chi connectivity index (χ1n) is 14.0. The van der Waals surface area contributed by atoms with Crippen molar-refractivity contribution in [2.24, 2.45) is 0 Å². The van der Waals surface area contributed by atoms with Crippen molar-refractivity contribution in [1.29, 1.82) is 0 Å². The lowest BCUT2D eigenvalue weighted by molar-refractivity contribution is -0.140. The zero-order valence-corrected chi connectivity index (χ0v) is 23.5. The lowest BCUT2D eigenvalue weighted by Crippen LogP contribution is -2.33. The normalized spacial score (nSPS) is 16.5. The predicted molar refractivity (Wildman–Crippen MR) is 157 cm³/mol. The Morgan fingerprint density at radius 2 is 1.57 bits per heavy atom. The van der Waals surface area contributed by atoms with Gasteiger partial charge in [-0.2, -0.15) is 0 Å². The molecule has 0 saturated carbocycles. The van der Waals surface area contributed by atoms with Gasteiger partial charge in [-0.25, -0.2) is 0 Å². The van der Waals surface area contributed by atoms with Crippen LogP contribution < -0.4 is 9.47 Å². The smallest absolute Gasteiger partial charge is 0.295 e. The predicted octanol–water partition coefficient (Wildman–Crippen LogP) is 6.42. The molecule has 1 unspecified atom stereocenters. The number of hydrogen-bond donors (Lipinski definition) is 1. The molecule has 1 N–H and O–H groups in total. The van der Waals surface area contributed by atoms with Crippen LogP contribution in [0.4, 0.5) is 0 Å². The molecular formula is C33H38N2O5. The molecule has 7 nitrogen and oxygen atoms in total. The third-order valence-corrected chi connectivity index (χ3v) is 7.04. The van der Waals surface area contributed by atoms with E-state index >= 15 is 0 Å². The summed E-state index contributed by atoms with van der Waals surface area (Å²) in [4.78, 5) is 30.7. The van der Waals surface area contributed by atoms with Crippen LogP contribution in [0.3, 0.4) is 0 Å². The molecule has 3 aromatic rings. The molecule has 210 valence electrons. The number of rotatable bonds is 13. The van der Waals surface area contributed by atoms with E-state index in [0.717, 1.165) is 26.1 Å². The number of amides is 1. The molecule has 1 atom stereocenters. The molecule has 1 heterocycles. The van der Waals surface area contributed by atoms with Gasteiger partial charge in [0, 0.05) is 12.1 Å². The number of nitrogens with zero attached hydrogens (tertiary/aromatic N) is 2. The van der Waals surface area contributed by atoms with Crippen LogP contribution in [0.15, 0.2) is 84.4 Å². The van der Waals surface area contributed by atoms with Gasteiger partial charge in [0.05, 0.1) is 18.2 Å². The van der Waals surface area contributed by atoms with Gasteiger partial charge < -0.3 is 24.4 Å². The second kappa shape index (κ2) is 13.8. The minimum atomic E-state index is -0.753. The minimum Gasteiger partial charge on any atom is -0.507 e. The maximum absolute atomic E-state index is 13.5. The van der Waals surface area contributed by atoms with Crippen LogP contribution in [0.1, 0.15) is 50.8 Å². The van der Waals surface area contributed by atoms with Gasteiger partial charge >= 0.3 is 0 Å². The fourth-order valence-electron chi connectivity index (χ4n) is 4.94. The van der Waals surface area contributed by atoms with E-state index in [1.165, 1.54) is 0 Å². The summed E-state index contributed by atoms with van der Waals surface area (Å²) in [6.45, 7) is 9.76. The first-order chi connectivity index (χ1) is 19.5. The fraction of sp³-hybridized carbons (Fsp3) is 0.333. The fourth-order valence-corrected chi connectivity index (χ4v) is 4.94. The summed E-state index contributed by atoms with van der Waals surface area (Å²) in [5.74, 6) is 0.322. The summed E-state index contributed by atoms with van der Waals surface area (Å²) < 4.78 is 11.8. The van der Waals surface area contributed by atoms with E-state index < -0.39 is 17.7 Å². The molecular weight excluding hydrogens is 504 g/mol. The monoisotopic (exact) mass is 542 g/mol. The van der Waals surface area contributed by atoms with E-state index in [1.54, 1.807) is 29.2 Å². The molecule has 4 rings (SSSR count). The van der Waals surface area contributed by atoms with E-state index in [0.29, 0.717) is 47.9 Å². The molecule has 0 spiro atoms. The Hall–Kier alpha value is -4.10. The highest BCUT2D eigenvalue weighted by atomic mass is 16.5. The van der Waals surface area contributed by atoms with Crippen molar-refractivity contribution in [2.45, 2.75) is 39.7 Å². The van der Waals surface area contributed by atoms with Gasteiger partial charge in [0.15, 0.2) is 0 Å². The third-order valence-electron chi connectivity index (χ3n) is 7.04. The lowest BCUT2D eigenvalue weighted by Gasteiger charge is -2.27. The van der Waals surface area contributed by atoms with Gasteiger partial charge in [-0.15, -0.1) is 0 Å². The first-order valence-corrected chi connectivity index (χ1v) is 14.0. The number of Topliss-reactive ketones (excluding diaryl/α,β-unsaturated/α-hetero) is 1. The summed E-state index contributed by atoms with van der Waals surface area (Å²) in [6.07, 6.45) is 1.54. The topological polar surface area (TPSA) is 79.3 Å². The molecule has 0 aliphatic carbocycles. The van der Waals surface area contributed by atoms with E-state index in [9.17, 15) is 14.7 Å². The van der Waals surface area contributed by atoms with Gasteiger partial charge in [0.25, 0.3) is 11.7 Å². The zero-order valence-electron chi connectivity index (χ0n) is 23.5. The minimum absolute atomic E-state index is 0.0670. The standard InChI is InChI=1S/C33H38N2O5/c1-4-21-39-27-17-11-14-25(23-27)31(36)29-30(35(33(38)32(29)37)20-12-19-34(5-2)6-3)24-13-10-18-28(22-24)40-26-15-8-7-9-16-26/h7-11,13-18,22-23,30,36H,4-6,12,19-21H2,1-3H3. The van der Waals surface area contributed by atoms with Gasteiger partial charge in [-0.3, -0.25) is 9.59 Å². The van der Waals surface area contributed by atoms with E-state index in [-0.39, 0.29) is 11.3 Å². The molecule has 0 bridgehead atoms. The molecule has 0 aromatic heterocycles. The van der Waals surface area contributed by atoms with Crippen molar-refractivity contribution in [3.63, 3.8) is 0 Å². The second-order valence-electron chi connectivity index (χ2n) is 9.74. The van der Waals surface area contributed by atoms with Crippen molar-refractivity contribution < 1.29 is 24.2 Å². The number of hydrogen-bond acceptors (Lipinski definition) is 6. The summed E-state index contributed by atoms with van der Waals surface area (Å²) in [7, 11) is 0. The lowest BCUT2D eigenvalue weighted by atomic mass is 9.95. The van der Waals surface area contributed by atoms with Gasteiger partial charge in [0.1, 0.15) is 23.0 Å². The highest BCUT2D eigenvalue weighted by Crippen LogP contribution is 2.41. The van der Waals surface area contributed by atoms with Crippen molar-refractivity contribution in [2.75, 3.05) is 32.8 Å². The van der Waals surface area contributed by atoms with Crippen LogP contribution in [0, 0.1) is 0 Å². The molecule has 1 aliphatic rings. The number of aliphatic hydroxyl groups is 1. The number of aliphatic hydroxyl groups excluding tert-OH is 1. The molecule has 3 aromatic carbocycles. The number of ketones is 1. The van der Waals surface area contributed by atoms with Gasteiger partial charge in [0.2, 0.25) is 0 Å². The number of para-hydroxylation sites is 1. The number of ether oxygens (including phenoxy) is 2. The van der Waals surface area contributed by atoms with Crippen molar-refractivity contribution in [3.8, 4) is 17.2 Å². The Kier molecular flexibility index (Phi) is 9.97. The van der Waals surface area contributed by atoms with Crippen LogP contribution in [-0.2, 0) is 9.59 Å². The molecule has 40 heavy (non-hydrogen) atoms. The summed E-state index contributed by atoms with van der Waals surface area (Å²) >= 11 is 0. The van der Waals surface area contributed by atoms with Crippen molar-refractivity contribution >= 4 is 17.4 Å². The zero-order chi connectivity index (χ0) is 28.5. The molecule has 0 radical (unpaired) electrons. The van der Waals surface area contributed by atoms with E-state index in [1.807, 2.05) is 61.5 Å². The van der Waals surface area contributed by atoms with E-state index in [2.05, 4.69) is 18.7 Å². The van der Waals surface area contributed by atoms with Crippen molar-refractivity contribution in [1.82, 2.24) is 9.80 Å². The average Bonchev–Trinajstić information content (AvgIpc) is 3.23. The number of carbonyl (C=O) groups is 2. The molecule has 1 amide bonds. The van der Waals surface area contributed by atoms with Crippen LogP contribution in [0.2, 0.25) is 0 Å². The Balaban J connectivity index is 1.74. The molecule has 1 aliphatic heterocycles. The Morgan fingerprint density at radius 3 is 2.30 bits per heavy atom. The maximum Gasteiger partial charge on any atom is 0.295 e. The largest absolute Gasteiger partial charge is 0.507 e. The van der Waals surface area contributed by atoms with Crippen LogP contribution in [-0.4, -0.2) is 59.4 Å². The summed E-state index contributed by atoms with van der Waals surface area (Å²) in [5.41, 5.74) is 1.18. The van der Waals surface area contributed by atoms with Crippen LogP contribution in [0.25, 0.3) is 5.76 Å². The Morgan fingerprint density at radius 1 is 0.875 bits per heavy atom. The van der Waals surface area contributed by atoms with Gasteiger partial charge in [-0.1, -0.05) is 63.2 Å². The van der Waals surface area contributed by atoms with Crippen LogP contribution in [0.5, 0.6) is 17.2 Å². The summed E-state index contributed by atoms with van der Waals surface area (Å²) in [5, 5.41) is 11.5. The third kappa shape index (κ3) is 6.72. The van der Waals surface area contributed by atoms with Crippen LogP contribution >= 0.6 is 0 Å². The average molecular weight is 543 g/mol. The maximum atomic E-state index is 13.5. The molecule has 1 fully saturated rings. The second-order valence-corrected chi connectivity index (χ2v) is 9.74. The van der Waals surface area contributed by atoms with E-state index in [4.69, 9.17) is 9.47 Å². The molecule has 7 heteroatoms. The highest BCUT2D eigenvalue weighted by Gasteiger charge is 2.46. The van der Waals surface area contributed by atoms with Gasteiger partial charge in [-0.05, 0) is 74.4 Å². The first kappa shape index (κ1) is 28.9. The number of benzene rings is 3. The highest BCUT2D eigenvalue weighted by molar-refractivity contribution is 6.46. The SMILES string of the molecule is CCCOc1cccc(C(O)=C2C(=O)C(=O)N(CCCN(CC)CC)C2c2cccc(Oc3ccccc3)c2)c1. The Labute approximate surface area is 236 Å². The number of carbonyl (C=O) groups excluding carboxylic acids is 2. The molecule has 1 saturated heterocycles. The van der Waals surface area contributed by atoms with Crippen molar-refractivity contribution in [3.05, 3.63) is 95.6 Å². The Bertz CT molecular complexity index is 1330.